The largest absolute Gasteiger partial charge is 0.377 e. The molecule has 1 aliphatic carbocycles. The fraction of sp³-hybridized carbons (Fsp3) is 0.571. The van der Waals surface area contributed by atoms with Crippen LogP contribution in [0.2, 0.25) is 0 Å². The van der Waals surface area contributed by atoms with Gasteiger partial charge in [0, 0.05) is 20.2 Å². The van der Waals surface area contributed by atoms with Crippen LogP contribution in [-0.4, -0.2) is 19.3 Å². The van der Waals surface area contributed by atoms with E-state index in [4.69, 9.17) is 4.74 Å². The number of ether oxygens (including phenoxy) is 1. The summed E-state index contributed by atoms with van der Waals surface area (Å²) in [5.41, 5.74) is 1.87. The summed E-state index contributed by atoms with van der Waals surface area (Å²) in [4.78, 5) is 0. The molecule has 0 saturated heterocycles. The van der Waals surface area contributed by atoms with Gasteiger partial charge < -0.3 is 10.1 Å². The topological polar surface area (TPSA) is 21.3 Å². The first-order chi connectivity index (χ1) is 8.15. The second-order valence-electron chi connectivity index (χ2n) is 4.93. The van der Waals surface area contributed by atoms with Crippen LogP contribution in [0.3, 0.4) is 0 Å². The number of halogens is 1. The van der Waals surface area contributed by atoms with E-state index in [1.54, 1.807) is 14.0 Å². The van der Waals surface area contributed by atoms with E-state index in [1.165, 1.54) is 12.5 Å². The Morgan fingerprint density at radius 1 is 1.41 bits per heavy atom. The third-order valence-electron chi connectivity index (χ3n) is 3.70. The monoisotopic (exact) mass is 237 g/mol. The molecule has 2 rings (SSSR count). The highest BCUT2D eigenvalue weighted by Crippen LogP contribution is 2.34. The molecule has 0 radical (unpaired) electrons. The summed E-state index contributed by atoms with van der Waals surface area (Å²) in [6.45, 7) is 3.44. The normalized spacial score (nSPS) is 17.8. The Hall–Kier alpha value is -0.930. The van der Waals surface area contributed by atoms with Crippen LogP contribution >= 0.6 is 0 Å². The average Bonchev–Trinajstić information content (AvgIpc) is 2.27. The van der Waals surface area contributed by atoms with Gasteiger partial charge in [0.2, 0.25) is 0 Å². The third-order valence-corrected chi connectivity index (χ3v) is 3.70. The molecule has 0 bridgehead atoms. The third kappa shape index (κ3) is 2.85. The Kier molecular flexibility index (Phi) is 3.79. The van der Waals surface area contributed by atoms with Gasteiger partial charge >= 0.3 is 0 Å². The van der Waals surface area contributed by atoms with E-state index < -0.39 is 0 Å². The van der Waals surface area contributed by atoms with Crippen LogP contribution < -0.4 is 5.32 Å². The van der Waals surface area contributed by atoms with Crippen molar-refractivity contribution in [3.05, 3.63) is 35.1 Å². The Labute approximate surface area is 102 Å². The van der Waals surface area contributed by atoms with Crippen molar-refractivity contribution in [2.45, 2.75) is 38.3 Å². The highest BCUT2D eigenvalue weighted by Gasteiger charge is 2.36. The number of methoxy groups -OCH3 is 1. The fourth-order valence-electron chi connectivity index (χ4n) is 2.28. The van der Waals surface area contributed by atoms with Crippen molar-refractivity contribution >= 4 is 0 Å². The zero-order valence-electron chi connectivity index (χ0n) is 10.6. The van der Waals surface area contributed by atoms with Crippen molar-refractivity contribution in [1.82, 2.24) is 5.32 Å². The minimum absolute atomic E-state index is 0.0507. The molecule has 1 aromatic rings. The van der Waals surface area contributed by atoms with Gasteiger partial charge in [-0.3, -0.25) is 0 Å². The molecule has 0 unspecified atom stereocenters. The van der Waals surface area contributed by atoms with Crippen molar-refractivity contribution in [1.29, 1.82) is 0 Å². The van der Waals surface area contributed by atoms with Crippen LogP contribution in [-0.2, 0) is 11.3 Å². The first kappa shape index (κ1) is 12.5. The summed E-state index contributed by atoms with van der Waals surface area (Å²) < 4.78 is 18.6. The smallest absolute Gasteiger partial charge is 0.126 e. The van der Waals surface area contributed by atoms with Crippen molar-refractivity contribution in [2.24, 2.45) is 0 Å². The summed E-state index contributed by atoms with van der Waals surface area (Å²) in [5, 5.41) is 3.39. The lowest BCUT2D eigenvalue weighted by atomic mass is 9.80. The van der Waals surface area contributed by atoms with Gasteiger partial charge in [-0.05, 0) is 43.4 Å². The lowest BCUT2D eigenvalue weighted by molar-refractivity contribution is -0.0695. The maximum atomic E-state index is 13.1. The van der Waals surface area contributed by atoms with Gasteiger partial charge in [-0.1, -0.05) is 12.1 Å². The van der Waals surface area contributed by atoms with Crippen molar-refractivity contribution in [2.75, 3.05) is 13.7 Å². The number of hydrogen-bond donors (Lipinski definition) is 1. The van der Waals surface area contributed by atoms with Gasteiger partial charge in [0.05, 0.1) is 5.60 Å². The van der Waals surface area contributed by atoms with Crippen LogP contribution in [0.15, 0.2) is 18.2 Å². The van der Waals surface area contributed by atoms with E-state index in [0.717, 1.165) is 31.5 Å². The number of nitrogens with one attached hydrogen (secondary N) is 1. The number of aryl methyl sites for hydroxylation is 1. The molecule has 1 N–H and O–H groups in total. The quantitative estimate of drug-likeness (QED) is 0.850. The van der Waals surface area contributed by atoms with Crippen molar-refractivity contribution in [3.63, 3.8) is 0 Å². The molecular weight excluding hydrogens is 217 g/mol. The Morgan fingerprint density at radius 2 is 2.18 bits per heavy atom. The molecule has 0 amide bonds. The zero-order valence-corrected chi connectivity index (χ0v) is 10.6. The lowest BCUT2D eigenvalue weighted by Crippen LogP contribution is -2.47. The van der Waals surface area contributed by atoms with Gasteiger partial charge in [-0.2, -0.15) is 0 Å². The van der Waals surface area contributed by atoms with Gasteiger partial charge in [0.25, 0.3) is 0 Å². The van der Waals surface area contributed by atoms with Crippen molar-refractivity contribution < 1.29 is 9.13 Å². The second-order valence-corrected chi connectivity index (χ2v) is 4.93. The maximum Gasteiger partial charge on any atom is 0.126 e. The van der Waals surface area contributed by atoms with Crippen LogP contribution in [0.5, 0.6) is 0 Å². The molecule has 0 spiro atoms. The average molecular weight is 237 g/mol. The molecule has 94 valence electrons. The summed E-state index contributed by atoms with van der Waals surface area (Å²) in [6, 6.07) is 5.25. The standard InChI is InChI=1S/C14H20FNO/c1-11-8-12(4-5-13(11)15)9-16-10-14(17-2)6-3-7-14/h4-5,8,16H,3,6-7,9-10H2,1-2H3. The van der Waals surface area contributed by atoms with E-state index in [2.05, 4.69) is 5.32 Å². The molecule has 0 aliphatic heterocycles. The summed E-state index contributed by atoms with van der Waals surface area (Å²) in [7, 11) is 1.78. The van der Waals surface area contributed by atoms with Gasteiger partial charge in [-0.25, -0.2) is 4.39 Å². The molecule has 2 nitrogen and oxygen atoms in total. The molecule has 0 aromatic heterocycles. The first-order valence-corrected chi connectivity index (χ1v) is 6.16. The van der Waals surface area contributed by atoms with Crippen LogP contribution in [0.1, 0.15) is 30.4 Å². The summed E-state index contributed by atoms with van der Waals surface area (Å²) in [5.74, 6) is -0.138. The summed E-state index contributed by atoms with van der Waals surface area (Å²) in [6.07, 6.45) is 3.53. The highest BCUT2D eigenvalue weighted by atomic mass is 19.1. The SMILES string of the molecule is COC1(CNCc2ccc(F)c(C)c2)CCC1. The predicted octanol–water partition coefficient (Wildman–Crippen LogP) is 2.79. The Bertz CT molecular complexity index is 382. The molecule has 1 fully saturated rings. The minimum Gasteiger partial charge on any atom is -0.377 e. The Morgan fingerprint density at radius 3 is 2.71 bits per heavy atom. The molecule has 3 heteroatoms. The number of benzene rings is 1. The predicted molar refractivity (Wildman–Crippen MR) is 66.4 cm³/mol. The molecule has 1 aliphatic rings. The van der Waals surface area contributed by atoms with E-state index >= 15 is 0 Å². The zero-order chi connectivity index (χ0) is 12.3. The number of hydrogen-bond acceptors (Lipinski definition) is 2. The highest BCUT2D eigenvalue weighted by molar-refractivity contribution is 5.23. The van der Waals surface area contributed by atoms with Gasteiger partial charge in [-0.15, -0.1) is 0 Å². The van der Waals surface area contributed by atoms with Crippen LogP contribution in [0.4, 0.5) is 4.39 Å². The fourth-order valence-corrected chi connectivity index (χ4v) is 2.28. The lowest BCUT2D eigenvalue weighted by Gasteiger charge is -2.40. The van der Waals surface area contributed by atoms with Crippen LogP contribution in [0.25, 0.3) is 0 Å². The van der Waals surface area contributed by atoms with Crippen LogP contribution in [0, 0.1) is 12.7 Å². The van der Waals surface area contributed by atoms with E-state index in [0.29, 0.717) is 5.56 Å². The molecular formula is C14H20FNO. The van der Waals surface area contributed by atoms with E-state index in [1.807, 2.05) is 12.1 Å². The molecule has 1 aromatic carbocycles. The minimum atomic E-state index is -0.138. The van der Waals surface area contributed by atoms with Crippen molar-refractivity contribution in [3.8, 4) is 0 Å². The van der Waals surface area contributed by atoms with E-state index in [9.17, 15) is 4.39 Å². The molecule has 17 heavy (non-hydrogen) atoms. The summed E-state index contributed by atoms with van der Waals surface area (Å²) >= 11 is 0. The molecule has 1 saturated carbocycles. The number of rotatable bonds is 5. The van der Waals surface area contributed by atoms with Gasteiger partial charge in [0.15, 0.2) is 0 Å². The maximum absolute atomic E-state index is 13.1. The first-order valence-electron chi connectivity index (χ1n) is 6.16. The van der Waals surface area contributed by atoms with E-state index in [-0.39, 0.29) is 11.4 Å². The van der Waals surface area contributed by atoms with Gasteiger partial charge in [0.1, 0.15) is 5.82 Å². The Balaban J connectivity index is 1.83. The molecule has 0 heterocycles. The molecule has 0 atom stereocenters. The second kappa shape index (κ2) is 5.15.